The number of likely N-dealkylation sites (N-methyl/N-ethyl adjacent to an activating group) is 1. The number of benzene rings is 2. The fourth-order valence-electron chi connectivity index (χ4n) is 5.23. The van der Waals surface area contributed by atoms with Crippen molar-refractivity contribution in [2.75, 3.05) is 30.4 Å². The summed E-state index contributed by atoms with van der Waals surface area (Å²) in [6, 6.07) is 12.5. The van der Waals surface area contributed by atoms with Gasteiger partial charge >= 0.3 is 0 Å². The second-order valence-corrected chi connectivity index (χ2v) is 10.7. The smallest absolute Gasteiger partial charge is 0.246 e. The summed E-state index contributed by atoms with van der Waals surface area (Å²) in [5.41, 5.74) is 2.89. The Labute approximate surface area is 241 Å². The first-order valence-corrected chi connectivity index (χ1v) is 13.5. The molecule has 0 bridgehead atoms. The van der Waals surface area contributed by atoms with Crippen molar-refractivity contribution in [1.29, 1.82) is 0 Å². The van der Waals surface area contributed by atoms with Crippen molar-refractivity contribution in [3.63, 3.8) is 0 Å². The normalized spacial score (nSPS) is 16.6. The fourth-order valence-corrected chi connectivity index (χ4v) is 5.23. The van der Waals surface area contributed by atoms with Gasteiger partial charge in [-0.25, -0.2) is 24.0 Å². The Morgan fingerprint density at radius 1 is 1.19 bits per heavy atom. The number of aromatic nitrogens is 6. The molecule has 0 spiro atoms. The Morgan fingerprint density at radius 2 is 2.02 bits per heavy atom. The van der Waals surface area contributed by atoms with E-state index in [1.807, 2.05) is 25.2 Å². The van der Waals surface area contributed by atoms with Gasteiger partial charge in [0.05, 0.1) is 22.3 Å². The van der Waals surface area contributed by atoms with E-state index in [9.17, 15) is 4.79 Å². The first-order chi connectivity index (χ1) is 20.2. The van der Waals surface area contributed by atoms with Gasteiger partial charge in [-0.05, 0) is 62.7 Å². The number of fused-ring (bicyclic) bond motifs is 2. The highest BCUT2D eigenvalue weighted by molar-refractivity contribution is 5.89. The van der Waals surface area contributed by atoms with Crippen LogP contribution in [0.4, 0.5) is 21.7 Å². The zero-order valence-corrected chi connectivity index (χ0v) is 23.8. The third kappa shape index (κ3) is 4.74. The number of carbonyl (C=O) groups is 1. The van der Waals surface area contributed by atoms with Crippen LogP contribution in [0.25, 0.3) is 22.1 Å². The van der Waals surface area contributed by atoms with Crippen LogP contribution in [0.15, 0.2) is 61.4 Å². The maximum Gasteiger partial charge on any atom is 0.246 e. The van der Waals surface area contributed by atoms with Gasteiger partial charge in [0.2, 0.25) is 5.91 Å². The highest BCUT2D eigenvalue weighted by Crippen LogP contribution is 2.35. The van der Waals surface area contributed by atoms with Crippen LogP contribution in [0.3, 0.4) is 0 Å². The number of anilines is 3. The van der Waals surface area contributed by atoms with Crippen molar-refractivity contribution in [3.05, 3.63) is 72.8 Å². The molecule has 0 aliphatic carbocycles. The highest BCUT2D eigenvalue weighted by Gasteiger charge is 2.39. The molecule has 1 fully saturated rings. The lowest BCUT2D eigenvalue weighted by Crippen LogP contribution is -2.48. The molecule has 1 amide bonds. The molecule has 1 saturated heterocycles. The van der Waals surface area contributed by atoms with Crippen LogP contribution >= 0.6 is 0 Å². The molecule has 214 valence electrons. The minimum absolute atomic E-state index is 0.119. The predicted octanol–water partition coefficient (Wildman–Crippen LogP) is 4.90. The first-order valence-electron chi connectivity index (χ1n) is 13.5. The number of pyridine rings is 1. The van der Waals surface area contributed by atoms with Crippen LogP contribution in [-0.2, 0) is 11.8 Å². The first kappa shape index (κ1) is 27.1. The summed E-state index contributed by atoms with van der Waals surface area (Å²) in [6.07, 6.45) is 3.53. The lowest BCUT2D eigenvalue weighted by Gasteiger charge is -2.34. The van der Waals surface area contributed by atoms with Crippen molar-refractivity contribution >= 4 is 45.3 Å². The lowest BCUT2D eigenvalue weighted by molar-refractivity contribution is -0.129. The van der Waals surface area contributed by atoms with Crippen molar-refractivity contribution in [1.82, 2.24) is 34.8 Å². The third-order valence-electron chi connectivity index (χ3n) is 7.96. The molecule has 1 unspecified atom stereocenters. The van der Waals surface area contributed by atoms with Crippen LogP contribution in [0, 0.1) is 12.7 Å². The van der Waals surface area contributed by atoms with Gasteiger partial charge in [-0.2, -0.15) is 0 Å². The van der Waals surface area contributed by atoms with Crippen LogP contribution < -0.4 is 15.0 Å². The van der Waals surface area contributed by atoms with Gasteiger partial charge in [0.1, 0.15) is 34.7 Å². The number of halogens is 1. The van der Waals surface area contributed by atoms with Crippen molar-refractivity contribution in [2.45, 2.75) is 25.8 Å². The molecule has 6 rings (SSSR count). The molecule has 4 heterocycles. The van der Waals surface area contributed by atoms with Gasteiger partial charge in [0.15, 0.2) is 11.6 Å². The average molecular weight is 568 g/mol. The summed E-state index contributed by atoms with van der Waals surface area (Å²) in [5.74, 6) is 1.42. The Morgan fingerprint density at radius 3 is 2.83 bits per heavy atom. The van der Waals surface area contributed by atoms with E-state index in [0.717, 1.165) is 24.3 Å². The number of ether oxygens (including phenoxy) is 1. The van der Waals surface area contributed by atoms with Crippen LogP contribution in [0.1, 0.15) is 18.9 Å². The molecule has 1 atom stereocenters. The molecule has 11 nitrogen and oxygen atoms in total. The number of nitrogens with one attached hydrogen (secondary N) is 1. The molecule has 12 heteroatoms. The zero-order chi connectivity index (χ0) is 29.6. The summed E-state index contributed by atoms with van der Waals surface area (Å²) < 4.78 is 23.3. The second-order valence-electron chi connectivity index (χ2n) is 10.7. The topological polar surface area (TPSA) is 114 Å². The number of hydrogen-bond acceptors (Lipinski definition) is 9. The molecular formula is C30H30FN9O2. The van der Waals surface area contributed by atoms with Gasteiger partial charge in [-0.1, -0.05) is 11.8 Å². The zero-order valence-electron chi connectivity index (χ0n) is 23.8. The minimum Gasteiger partial charge on any atom is -0.457 e. The van der Waals surface area contributed by atoms with Gasteiger partial charge in [0.25, 0.3) is 0 Å². The molecule has 42 heavy (non-hydrogen) atoms. The Hall–Kier alpha value is -5.13. The van der Waals surface area contributed by atoms with E-state index in [1.165, 1.54) is 12.4 Å². The molecule has 1 aliphatic rings. The summed E-state index contributed by atoms with van der Waals surface area (Å²) in [4.78, 5) is 29.7. The molecule has 1 aliphatic heterocycles. The van der Waals surface area contributed by atoms with Gasteiger partial charge in [-0.3, -0.25) is 4.79 Å². The monoisotopic (exact) mass is 567 g/mol. The summed E-state index contributed by atoms with van der Waals surface area (Å²) in [6.45, 7) is 8.65. The van der Waals surface area contributed by atoms with Crippen molar-refractivity contribution in [3.8, 4) is 11.5 Å². The van der Waals surface area contributed by atoms with Crippen LogP contribution in [0.2, 0.25) is 0 Å². The van der Waals surface area contributed by atoms with Crippen LogP contribution in [-0.4, -0.2) is 66.4 Å². The van der Waals surface area contributed by atoms with Crippen molar-refractivity contribution in [2.24, 2.45) is 7.05 Å². The van der Waals surface area contributed by atoms with E-state index in [0.29, 0.717) is 46.0 Å². The Kier molecular flexibility index (Phi) is 6.68. The minimum atomic E-state index is -0.471. The number of amides is 1. The lowest BCUT2D eigenvalue weighted by atomic mass is 9.99. The summed E-state index contributed by atoms with van der Waals surface area (Å²) in [7, 11) is 3.61. The number of rotatable bonds is 7. The Balaban J connectivity index is 1.25. The standard InChI is InChI=1S/C30H30FN9O2/c1-6-26(41)38(4)30(3)13-14-40(16-30)25-12-9-21-28(35-25)29(33-17-32-21)34-20-8-11-24(18(2)27(20)31)42-19-7-10-23-22(15-19)36-37-39(23)5/h6-12,15,17H,1,13-14,16H2,2-5H3,(H,32,33,34). The maximum atomic E-state index is 15.6. The third-order valence-corrected chi connectivity index (χ3v) is 7.96. The molecule has 3 aromatic heterocycles. The van der Waals surface area contributed by atoms with Gasteiger partial charge in [-0.15, -0.1) is 5.10 Å². The number of hydrogen-bond donors (Lipinski definition) is 1. The molecule has 1 N–H and O–H groups in total. The number of carbonyl (C=O) groups excluding carboxylic acids is 1. The molecule has 0 saturated carbocycles. The van der Waals surface area contributed by atoms with E-state index in [1.54, 1.807) is 47.8 Å². The largest absolute Gasteiger partial charge is 0.457 e. The number of aryl methyl sites for hydroxylation is 1. The fraction of sp³-hybridized carbons (Fsp3) is 0.267. The van der Waals surface area contributed by atoms with E-state index in [-0.39, 0.29) is 17.1 Å². The maximum absolute atomic E-state index is 15.6. The quantitative estimate of drug-likeness (QED) is 0.274. The Bertz CT molecular complexity index is 1860. The number of nitrogens with zero attached hydrogens (tertiary/aromatic N) is 8. The van der Waals surface area contributed by atoms with Crippen LogP contribution in [0.5, 0.6) is 11.5 Å². The van der Waals surface area contributed by atoms with E-state index >= 15 is 4.39 Å². The highest BCUT2D eigenvalue weighted by atomic mass is 19.1. The summed E-state index contributed by atoms with van der Waals surface area (Å²) >= 11 is 0. The average Bonchev–Trinajstić information content (AvgIpc) is 3.59. The summed E-state index contributed by atoms with van der Waals surface area (Å²) in [5, 5.41) is 11.2. The molecular weight excluding hydrogens is 537 g/mol. The van der Waals surface area contributed by atoms with E-state index in [4.69, 9.17) is 9.72 Å². The molecule has 0 radical (unpaired) electrons. The van der Waals surface area contributed by atoms with E-state index < -0.39 is 5.82 Å². The van der Waals surface area contributed by atoms with Gasteiger partial charge < -0.3 is 19.9 Å². The second kappa shape index (κ2) is 10.4. The van der Waals surface area contributed by atoms with Crippen molar-refractivity contribution < 1.29 is 13.9 Å². The van der Waals surface area contributed by atoms with Gasteiger partial charge in [0, 0.05) is 38.8 Å². The predicted molar refractivity (Wildman–Crippen MR) is 159 cm³/mol. The SMILES string of the molecule is C=CC(=O)N(C)C1(C)CCN(c2ccc3ncnc(Nc4ccc(Oc5ccc6c(c5)nnn6C)c(C)c4F)c3n2)C1. The molecule has 5 aromatic rings. The van der Waals surface area contributed by atoms with E-state index in [2.05, 4.69) is 44.0 Å². The molecule has 2 aromatic carbocycles.